The summed E-state index contributed by atoms with van der Waals surface area (Å²) in [4.78, 5) is 17.1. The summed E-state index contributed by atoms with van der Waals surface area (Å²) < 4.78 is 5.15. The molecule has 0 saturated heterocycles. The van der Waals surface area contributed by atoms with Crippen molar-refractivity contribution in [2.75, 3.05) is 5.32 Å². The van der Waals surface area contributed by atoms with Crippen LogP contribution in [0.5, 0.6) is 0 Å². The molecule has 23 heavy (non-hydrogen) atoms. The lowest BCUT2D eigenvalue weighted by Crippen LogP contribution is -2.12. The Morgan fingerprint density at radius 3 is 2.87 bits per heavy atom. The number of hydrogen-bond donors (Lipinski definition) is 1. The van der Waals surface area contributed by atoms with E-state index in [0.29, 0.717) is 33.9 Å². The Morgan fingerprint density at radius 1 is 1.26 bits per heavy atom. The van der Waals surface area contributed by atoms with E-state index in [1.54, 1.807) is 18.2 Å². The molecule has 1 aromatic carbocycles. The maximum Gasteiger partial charge on any atom is 0.227 e. The van der Waals surface area contributed by atoms with Gasteiger partial charge in [-0.2, -0.15) is 4.98 Å². The van der Waals surface area contributed by atoms with Gasteiger partial charge in [-0.15, -0.1) is 11.3 Å². The molecule has 3 rings (SSSR count). The molecular weight excluding hydrogens is 357 g/mol. The Morgan fingerprint density at radius 2 is 2.13 bits per heavy atom. The van der Waals surface area contributed by atoms with Crippen molar-refractivity contribution in [3.8, 4) is 10.7 Å². The molecule has 0 aliphatic rings. The Kier molecular flexibility index (Phi) is 4.95. The lowest BCUT2D eigenvalue weighted by atomic mass is 10.2. The fourth-order valence-electron chi connectivity index (χ4n) is 1.88. The van der Waals surface area contributed by atoms with Crippen LogP contribution in [0.25, 0.3) is 10.7 Å². The third-order valence-electron chi connectivity index (χ3n) is 2.98. The van der Waals surface area contributed by atoms with Gasteiger partial charge in [-0.1, -0.05) is 34.4 Å². The van der Waals surface area contributed by atoms with E-state index < -0.39 is 0 Å². The standard InChI is InChI=1S/C15H11Cl2N3O2S/c16-10-4-3-9(8-11(10)17)18-13(21)5-6-14-19-15(20-22-14)12-2-1-7-23-12/h1-4,7-8H,5-6H2,(H,18,21). The zero-order valence-electron chi connectivity index (χ0n) is 11.8. The molecule has 0 aliphatic heterocycles. The minimum Gasteiger partial charge on any atom is -0.339 e. The molecule has 5 nitrogen and oxygen atoms in total. The number of anilines is 1. The van der Waals surface area contributed by atoms with Crippen LogP contribution in [-0.4, -0.2) is 16.0 Å². The van der Waals surface area contributed by atoms with E-state index >= 15 is 0 Å². The molecule has 2 heterocycles. The van der Waals surface area contributed by atoms with E-state index in [0.717, 1.165) is 4.88 Å². The van der Waals surface area contributed by atoms with E-state index in [9.17, 15) is 4.79 Å². The Balaban J connectivity index is 1.55. The third-order valence-corrected chi connectivity index (χ3v) is 4.58. The molecule has 8 heteroatoms. The molecule has 0 unspecified atom stereocenters. The summed E-state index contributed by atoms with van der Waals surface area (Å²) in [6.07, 6.45) is 0.595. The number of carbonyl (C=O) groups is 1. The Bertz CT molecular complexity index is 818. The molecule has 1 N–H and O–H groups in total. The van der Waals surface area contributed by atoms with Crippen molar-refractivity contribution in [3.63, 3.8) is 0 Å². The first-order chi connectivity index (χ1) is 11.1. The molecule has 118 valence electrons. The second-order valence-corrected chi connectivity index (χ2v) is 6.43. The van der Waals surface area contributed by atoms with Crippen LogP contribution in [0.3, 0.4) is 0 Å². The number of thiophene rings is 1. The maximum atomic E-state index is 11.9. The first-order valence-corrected chi connectivity index (χ1v) is 8.37. The van der Waals surface area contributed by atoms with Crippen LogP contribution in [0, 0.1) is 0 Å². The van der Waals surface area contributed by atoms with E-state index in [2.05, 4.69) is 15.5 Å². The summed E-state index contributed by atoms with van der Waals surface area (Å²) in [5, 5.41) is 9.42. The largest absolute Gasteiger partial charge is 0.339 e. The molecule has 0 bridgehead atoms. The number of carbonyl (C=O) groups excluding carboxylic acids is 1. The number of amides is 1. The fraction of sp³-hybridized carbons (Fsp3) is 0.133. The van der Waals surface area contributed by atoms with Gasteiger partial charge >= 0.3 is 0 Å². The van der Waals surface area contributed by atoms with E-state index in [1.807, 2.05) is 17.5 Å². The molecule has 2 aromatic heterocycles. The number of nitrogens with one attached hydrogen (secondary N) is 1. The van der Waals surface area contributed by atoms with Crippen molar-refractivity contribution in [2.45, 2.75) is 12.8 Å². The molecule has 0 fully saturated rings. The molecule has 0 spiro atoms. The van der Waals surface area contributed by atoms with Gasteiger partial charge in [-0.05, 0) is 29.6 Å². The molecule has 0 aliphatic carbocycles. The molecular formula is C15H11Cl2N3O2S. The van der Waals surface area contributed by atoms with Gasteiger partial charge in [0.2, 0.25) is 17.6 Å². The first kappa shape index (κ1) is 16.0. The van der Waals surface area contributed by atoms with Gasteiger partial charge in [0.05, 0.1) is 14.9 Å². The Hall–Kier alpha value is -1.89. The third kappa shape index (κ3) is 4.10. The number of aromatic nitrogens is 2. The molecule has 0 saturated carbocycles. The van der Waals surface area contributed by atoms with Crippen molar-refractivity contribution in [1.29, 1.82) is 0 Å². The van der Waals surface area contributed by atoms with Crippen molar-refractivity contribution < 1.29 is 9.32 Å². The zero-order chi connectivity index (χ0) is 16.2. The molecule has 0 radical (unpaired) electrons. The van der Waals surface area contributed by atoms with Crippen LogP contribution in [-0.2, 0) is 11.2 Å². The zero-order valence-corrected chi connectivity index (χ0v) is 14.1. The number of benzene rings is 1. The highest BCUT2D eigenvalue weighted by atomic mass is 35.5. The number of halogens is 2. The SMILES string of the molecule is O=C(CCc1nc(-c2cccs2)no1)Nc1ccc(Cl)c(Cl)c1. The minimum absolute atomic E-state index is 0.167. The van der Waals surface area contributed by atoms with Crippen molar-refractivity contribution in [1.82, 2.24) is 10.1 Å². The summed E-state index contributed by atoms with van der Waals surface area (Å²) in [5.74, 6) is 0.803. The number of aryl methyl sites for hydroxylation is 1. The first-order valence-electron chi connectivity index (χ1n) is 6.73. The predicted octanol–water partition coefficient (Wildman–Crippen LogP) is 4.68. The summed E-state index contributed by atoms with van der Waals surface area (Å²) in [5.41, 5.74) is 0.592. The van der Waals surface area contributed by atoms with E-state index in [1.165, 1.54) is 11.3 Å². The summed E-state index contributed by atoms with van der Waals surface area (Å²) in [7, 11) is 0. The van der Waals surface area contributed by atoms with Gasteiger partial charge in [0, 0.05) is 18.5 Å². The lowest BCUT2D eigenvalue weighted by molar-refractivity contribution is -0.116. The molecule has 0 atom stereocenters. The van der Waals surface area contributed by atoms with Crippen LogP contribution >= 0.6 is 34.5 Å². The van der Waals surface area contributed by atoms with Crippen LogP contribution in [0.2, 0.25) is 10.0 Å². The van der Waals surface area contributed by atoms with Crippen LogP contribution in [0.4, 0.5) is 5.69 Å². The van der Waals surface area contributed by atoms with Gasteiger partial charge in [-0.3, -0.25) is 4.79 Å². The fourth-order valence-corrected chi connectivity index (χ4v) is 2.83. The maximum absolute atomic E-state index is 11.9. The van der Waals surface area contributed by atoms with Crippen molar-refractivity contribution >= 4 is 46.1 Å². The summed E-state index contributed by atoms with van der Waals surface area (Å²) in [6, 6.07) is 8.75. The quantitative estimate of drug-likeness (QED) is 0.710. The predicted molar refractivity (Wildman–Crippen MR) is 91.0 cm³/mol. The minimum atomic E-state index is -0.167. The van der Waals surface area contributed by atoms with Gasteiger partial charge in [0.25, 0.3) is 0 Å². The summed E-state index contributed by atoms with van der Waals surface area (Å²) in [6.45, 7) is 0. The number of rotatable bonds is 5. The normalized spacial score (nSPS) is 10.7. The average molecular weight is 368 g/mol. The van der Waals surface area contributed by atoms with Gasteiger partial charge in [0.1, 0.15) is 0 Å². The van der Waals surface area contributed by atoms with Crippen molar-refractivity contribution in [3.05, 3.63) is 51.6 Å². The number of hydrogen-bond acceptors (Lipinski definition) is 5. The van der Waals surface area contributed by atoms with Crippen LogP contribution < -0.4 is 5.32 Å². The van der Waals surface area contributed by atoms with Crippen molar-refractivity contribution in [2.24, 2.45) is 0 Å². The number of nitrogens with zero attached hydrogens (tertiary/aromatic N) is 2. The second kappa shape index (κ2) is 7.12. The Labute approximate surface area is 146 Å². The van der Waals surface area contributed by atoms with Gasteiger partial charge in [0.15, 0.2) is 0 Å². The second-order valence-electron chi connectivity index (χ2n) is 4.67. The van der Waals surface area contributed by atoms with Gasteiger partial charge < -0.3 is 9.84 Å². The van der Waals surface area contributed by atoms with E-state index in [4.69, 9.17) is 27.7 Å². The topological polar surface area (TPSA) is 68.0 Å². The molecule has 1 amide bonds. The van der Waals surface area contributed by atoms with E-state index in [-0.39, 0.29) is 12.3 Å². The van der Waals surface area contributed by atoms with Gasteiger partial charge in [-0.25, -0.2) is 0 Å². The highest BCUT2D eigenvalue weighted by Gasteiger charge is 2.11. The average Bonchev–Trinajstić information content (AvgIpc) is 3.19. The summed E-state index contributed by atoms with van der Waals surface area (Å²) >= 11 is 13.3. The van der Waals surface area contributed by atoms with Crippen LogP contribution in [0.1, 0.15) is 12.3 Å². The highest BCUT2D eigenvalue weighted by Crippen LogP contribution is 2.25. The van der Waals surface area contributed by atoms with Crippen LogP contribution in [0.15, 0.2) is 40.2 Å². The lowest BCUT2D eigenvalue weighted by Gasteiger charge is -2.05. The highest BCUT2D eigenvalue weighted by molar-refractivity contribution is 7.13. The smallest absolute Gasteiger partial charge is 0.227 e. The monoisotopic (exact) mass is 367 g/mol. The molecule has 3 aromatic rings.